The van der Waals surface area contributed by atoms with E-state index in [4.69, 9.17) is 4.74 Å². The molecule has 2 saturated heterocycles. The maximum absolute atomic E-state index is 12.7. The SMILES string of the molecule is CC(C)(C)N1CCC(Oc2ccc(C(=O)N[C@H]3CCN(c4cccnc4)C3)cc2)CC1. The molecule has 1 atom stereocenters. The summed E-state index contributed by atoms with van der Waals surface area (Å²) in [5, 5.41) is 3.17. The highest BCUT2D eigenvalue weighted by Crippen LogP contribution is 2.24. The van der Waals surface area contributed by atoms with E-state index in [-0.39, 0.29) is 23.6 Å². The van der Waals surface area contributed by atoms with Gasteiger partial charge in [0.05, 0.1) is 11.9 Å². The molecule has 0 unspecified atom stereocenters. The number of piperidine rings is 1. The van der Waals surface area contributed by atoms with Gasteiger partial charge in [-0.05, 0) is 76.4 Å². The molecule has 1 aromatic carbocycles. The van der Waals surface area contributed by atoms with Crippen molar-refractivity contribution in [3.63, 3.8) is 0 Å². The molecular weight excluding hydrogens is 388 g/mol. The van der Waals surface area contributed by atoms with E-state index in [0.29, 0.717) is 5.56 Å². The van der Waals surface area contributed by atoms with Gasteiger partial charge >= 0.3 is 0 Å². The second-order valence-electron chi connectivity index (χ2n) is 9.62. The molecule has 0 bridgehead atoms. The largest absolute Gasteiger partial charge is 0.490 e. The first-order chi connectivity index (χ1) is 14.9. The number of nitrogens with zero attached hydrogens (tertiary/aromatic N) is 3. The summed E-state index contributed by atoms with van der Waals surface area (Å²) in [6.45, 7) is 10.7. The zero-order valence-corrected chi connectivity index (χ0v) is 18.9. The van der Waals surface area contributed by atoms with Crippen LogP contribution in [0.15, 0.2) is 48.8 Å². The van der Waals surface area contributed by atoms with Crippen molar-refractivity contribution in [3.05, 3.63) is 54.4 Å². The van der Waals surface area contributed by atoms with E-state index < -0.39 is 0 Å². The molecule has 0 radical (unpaired) electrons. The molecule has 0 spiro atoms. The fourth-order valence-electron chi connectivity index (χ4n) is 4.44. The molecule has 4 rings (SSSR count). The highest BCUT2D eigenvalue weighted by atomic mass is 16.5. The van der Waals surface area contributed by atoms with Crippen LogP contribution in [0.2, 0.25) is 0 Å². The Morgan fingerprint density at radius 1 is 1.06 bits per heavy atom. The van der Waals surface area contributed by atoms with E-state index in [1.807, 2.05) is 36.5 Å². The third kappa shape index (κ3) is 5.56. The zero-order valence-electron chi connectivity index (χ0n) is 18.9. The van der Waals surface area contributed by atoms with Gasteiger partial charge in [-0.3, -0.25) is 14.7 Å². The van der Waals surface area contributed by atoms with Gasteiger partial charge < -0.3 is 15.0 Å². The van der Waals surface area contributed by atoms with Crippen LogP contribution in [0.25, 0.3) is 0 Å². The molecule has 166 valence electrons. The van der Waals surface area contributed by atoms with Gasteiger partial charge in [-0.2, -0.15) is 0 Å². The van der Waals surface area contributed by atoms with Crippen LogP contribution in [0.3, 0.4) is 0 Å². The van der Waals surface area contributed by atoms with Crippen molar-refractivity contribution in [3.8, 4) is 5.75 Å². The van der Waals surface area contributed by atoms with Gasteiger partial charge in [0.25, 0.3) is 5.91 Å². The molecule has 0 aliphatic carbocycles. The Morgan fingerprint density at radius 3 is 2.45 bits per heavy atom. The molecule has 0 saturated carbocycles. The number of carbonyl (C=O) groups is 1. The van der Waals surface area contributed by atoms with Crippen LogP contribution in [-0.2, 0) is 0 Å². The first kappa shape index (κ1) is 21.6. The van der Waals surface area contributed by atoms with Gasteiger partial charge in [-0.25, -0.2) is 0 Å². The van der Waals surface area contributed by atoms with E-state index in [9.17, 15) is 4.79 Å². The van der Waals surface area contributed by atoms with Gasteiger partial charge in [-0.1, -0.05) is 0 Å². The summed E-state index contributed by atoms with van der Waals surface area (Å²) in [7, 11) is 0. The summed E-state index contributed by atoms with van der Waals surface area (Å²) in [6, 6.07) is 11.7. The number of benzene rings is 1. The van der Waals surface area contributed by atoms with Crippen molar-refractivity contribution >= 4 is 11.6 Å². The number of hydrogen-bond acceptors (Lipinski definition) is 5. The molecule has 1 amide bonds. The number of carbonyl (C=O) groups excluding carboxylic acids is 1. The predicted octanol–water partition coefficient (Wildman–Crippen LogP) is 3.73. The molecule has 2 fully saturated rings. The number of hydrogen-bond donors (Lipinski definition) is 1. The normalized spacial score (nSPS) is 20.6. The monoisotopic (exact) mass is 422 g/mol. The first-order valence-electron chi connectivity index (χ1n) is 11.4. The number of ether oxygens (including phenoxy) is 1. The van der Waals surface area contributed by atoms with E-state index in [1.165, 1.54) is 0 Å². The average Bonchev–Trinajstić information content (AvgIpc) is 3.23. The Hall–Kier alpha value is -2.60. The van der Waals surface area contributed by atoms with Crippen LogP contribution in [0.4, 0.5) is 5.69 Å². The maximum atomic E-state index is 12.7. The minimum Gasteiger partial charge on any atom is -0.490 e. The van der Waals surface area contributed by atoms with E-state index >= 15 is 0 Å². The quantitative estimate of drug-likeness (QED) is 0.796. The third-order valence-electron chi connectivity index (χ3n) is 6.34. The Bertz CT molecular complexity index is 855. The Balaban J connectivity index is 1.25. The molecule has 1 aromatic heterocycles. The van der Waals surface area contributed by atoms with Gasteiger partial charge in [0.15, 0.2) is 0 Å². The molecule has 2 aliphatic rings. The van der Waals surface area contributed by atoms with Crippen LogP contribution in [0.5, 0.6) is 5.75 Å². The summed E-state index contributed by atoms with van der Waals surface area (Å²) in [5.74, 6) is 0.817. The van der Waals surface area contributed by atoms with E-state index in [1.54, 1.807) is 6.20 Å². The molecular formula is C25H34N4O2. The molecule has 6 heteroatoms. The molecule has 1 N–H and O–H groups in total. The molecule has 31 heavy (non-hydrogen) atoms. The van der Waals surface area contributed by atoms with Crippen molar-refractivity contribution in [2.45, 2.75) is 57.7 Å². The second kappa shape index (κ2) is 9.27. The lowest BCUT2D eigenvalue weighted by molar-refractivity contribution is 0.0491. The minimum atomic E-state index is -0.0249. The van der Waals surface area contributed by atoms with Crippen molar-refractivity contribution < 1.29 is 9.53 Å². The number of rotatable bonds is 5. The molecule has 2 aromatic rings. The van der Waals surface area contributed by atoms with Gasteiger partial charge in [-0.15, -0.1) is 0 Å². The summed E-state index contributed by atoms with van der Waals surface area (Å²) in [6.07, 6.45) is 6.91. The summed E-state index contributed by atoms with van der Waals surface area (Å²) in [5.41, 5.74) is 2.00. The van der Waals surface area contributed by atoms with Crippen LogP contribution < -0.4 is 15.0 Å². The highest BCUT2D eigenvalue weighted by molar-refractivity contribution is 5.94. The number of likely N-dealkylation sites (tertiary alicyclic amines) is 1. The van der Waals surface area contributed by atoms with Crippen LogP contribution in [0, 0.1) is 0 Å². The Kier molecular flexibility index (Phi) is 6.46. The van der Waals surface area contributed by atoms with Gasteiger partial charge in [0, 0.05) is 49.5 Å². The van der Waals surface area contributed by atoms with Crippen molar-refractivity contribution in [1.82, 2.24) is 15.2 Å². The minimum absolute atomic E-state index is 0.0249. The molecule has 6 nitrogen and oxygen atoms in total. The average molecular weight is 423 g/mol. The van der Waals surface area contributed by atoms with E-state index in [2.05, 4.69) is 46.9 Å². The molecule has 3 heterocycles. The number of amides is 1. The maximum Gasteiger partial charge on any atom is 0.251 e. The third-order valence-corrected chi connectivity index (χ3v) is 6.34. The van der Waals surface area contributed by atoms with Crippen molar-refractivity contribution in [2.75, 3.05) is 31.1 Å². The standard InChI is InChI=1S/C25H34N4O2/c1-25(2,3)29-15-11-23(12-16-29)31-22-8-6-19(7-9-22)24(30)27-20-10-14-28(18-20)21-5-4-13-26-17-21/h4-9,13,17,20,23H,10-12,14-16,18H2,1-3H3,(H,27,30)/t20-/m0/s1. The highest BCUT2D eigenvalue weighted by Gasteiger charge is 2.28. The number of pyridine rings is 1. The van der Waals surface area contributed by atoms with Crippen molar-refractivity contribution in [2.24, 2.45) is 0 Å². The van der Waals surface area contributed by atoms with Crippen molar-refractivity contribution in [1.29, 1.82) is 0 Å². The number of nitrogens with one attached hydrogen (secondary N) is 1. The van der Waals surface area contributed by atoms with Crippen LogP contribution in [-0.4, -0.2) is 59.7 Å². The fraction of sp³-hybridized carbons (Fsp3) is 0.520. The number of anilines is 1. The first-order valence-corrected chi connectivity index (χ1v) is 11.4. The summed E-state index contributed by atoms with van der Waals surface area (Å²) >= 11 is 0. The van der Waals surface area contributed by atoms with Gasteiger partial charge in [0.1, 0.15) is 11.9 Å². The lowest BCUT2D eigenvalue weighted by Gasteiger charge is -2.40. The van der Waals surface area contributed by atoms with Crippen LogP contribution >= 0.6 is 0 Å². The summed E-state index contributed by atoms with van der Waals surface area (Å²) in [4.78, 5) is 21.6. The van der Waals surface area contributed by atoms with Gasteiger partial charge in [0.2, 0.25) is 0 Å². The lowest BCUT2D eigenvalue weighted by atomic mass is 9.99. The lowest BCUT2D eigenvalue weighted by Crippen LogP contribution is -2.48. The topological polar surface area (TPSA) is 57.7 Å². The fourth-order valence-corrected chi connectivity index (χ4v) is 4.44. The van der Waals surface area contributed by atoms with E-state index in [0.717, 1.165) is 56.9 Å². The zero-order chi connectivity index (χ0) is 21.8. The smallest absolute Gasteiger partial charge is 0.251 e. The van der Waals surface area contributed by atoms with Crippen LogP contribution in [0.1, 0.15) is 50.4 Å². The number of aromatic nitrogens is 1. The second-order valence-corrected chi connectivity index (χ2v) is 9.62. The predicted molar refractivity (Wildman–Crippen MR) is 124 cm³/mol. The molecule has 2 aliphatic heterocycles. The Labute approximate surface area is 185 Å². The summed E-state index contributed by atoms with van der Waals surface area (Å²) < 4.78 is 6.18. The Morgan fingerprint density at radius 2 is 1.81 bits per heavy atom.